The number of aliphatic hydroxyl groups excluding tert-OH is 1. The minimum Gasteiger partial charge on any atom is -0.790 e. The highest BCUT2D eigenvalue weighted by atomic mass is 32.1. The van der Waals surface area contributed by atoms with Crippen molar-refractivity contribution in [2.45, 2.75) is 115 Å². The molecule has 0 spiro atoms. The van der Waals surface area contributed by atoms with Crippen LogP contribution in [0.4, 0.5) is 0 Å². The van der Waals surface area contributed by atoms with Crippen molar-refractivity contribution in [3.8, 4) is 0 Å². The van der Waals surface area contributed by atoms with Gasteiger partial charge in [-0.3, -0.25) is 33.6 Å². The SMILES string of the molecule is CC(C)C[C@H](NC(=O)[C@@H]([NH3+])CC(C)C)C(=O)N[C@@H](CS)C(=O)N[C@@H](CO)C(=O)N[C@H](C(=O)N1CCC[C@H]1C(=O)N[C@@H](CC(N)=O)C(=O)[O-])[C@@H](C)OP(=O)([O-])[O-]. The molecule has 24 heteroatoms. The smallest absolute Gasteiger partial charge is 0.278 e. The zero-order valence-corrected chi connectivity index (χ0v) is 33.1. The van der Waals surface area contributed by atoms with E-state index < -0.39 is 117 Å². The predicted octanol–water partition coefficient (Wildman–Crippen LogP) is -7.11. The Bertz CT molecular complexity index is 1450. The number of nitrogens with two attached hydrogens (primary N) is 1. The fourth-order valence-corrected chi connectivity index (χ4v) is 6.43. The maximum atomic E-state index is 13.8. The number of nitrogens with one attached hydrogen (secondary N) is 5. The standard InChI is InChI=1S/C31H55N8O14PS/c1-14(2)9-17(32)25(42)34-18(10-15(3)4)26(43)37-21(13-55)28(45)36-20(12-40)27(44)38-24(16(5)53-54(50,51)52)30(47)39-8-6-7-22(39)29(46)35-19(31(48)49)11-23(33)41/h14-22,24,40,55H,6-13,32H2,1-5H3,(H2,33,41)(H,34,42)(H,35,46)(H,36,45)(H,37,43)(H,38,44)(H,48,49)(H2,50,51,52)/p-2/t16-,17+,18+,19+,20+,21+,22+,24+/m1/s1. The molecule has 0 bridgehead atoms. The Morgan fingerprint density at radius 3 is 1.87 bits per heavy atom. The Labute approximate surface area is 323 Å². The highest BCUT2D eigenvalue weighted by Crippen LogP contribution is 2.29. The molecular formula is C31H53N8O14PS-2. The number of carboxylic acids is 1. The van der Waals surface area contributed by atoms with Gasteiger partial charge in [-0.2, -0.15) is 12.6 Å². The number of hydrogen-bond acceptors (Lipinski definition) is 15. The second-order valence-electron chi connectivity index (χ2n) is 14.0. The number of carbonyl (C=O) groups excluding carboxylic acids is 8. The maximum Gasteiger partial charge on any atom is 0.278 e. The minimum absolute atomic E-state index is 0.0485. The topological polar surface area (TPSA) is 369 Å². The van der Waals surface area contributed by atoms with E-state index in [2.05, 4.69) is 44.2 Å². The summed E-state index contributed by atoms with van der Waals surface area (Å²) in [6.07, 6.45) is -2.00. The van der Waals surface area contributed by atoms with Crippen LogP contribution in [0.25, 0.3) is 0 Å². The number of aliphatic carboxylic acids is 1. The highest BCUT2D eigenvalue weighted by Gasteiger charge is 2.42. The Balaban J connectivity index is 3.24. The molecule has 314 valence electrons. The van der Waals surface area contributed by atoms with Crippen molar-refractivity contribution < 1.29 is 73.2 Å². The predicted molar refractivity (Wildman–Crippen MR) is 188 cm³/mol. The molecule has 1 heterocycles. The minimum atomic E-state index is -5.81. The van der Waals surface area contributed by atoms with Crippen molar-refractivity contribution >= 4 is 67.8 Å². The molecule has 7 amide bonds. The number of amides is 7. The first-order chi connectivity index (χ1) is 25.4. The summed E-state index contributed by atoms with van der Waals surface area (Å²) >= 11 is 4.10. The third-order valence-electron chi connectivity index (χ3n) is 8.27. The van der Waals surface area contributed by atoms with Gasteiger partial charge < -0.3 is 76.8 Å². The molecule has 1 aliphatic heterocycles. The second kappa shape index (κ2) is 22.6. The van der Waals surface area contributed by atoms with Crippen LogP contribution in [-0.4, -0.2) is 125 Å². The molecule has 0 saturated carbocycles. The van der Waals surface area contributed by atoms with Gasteiger partial charge in [0.05, 0.1) is 39.0 Å². The van der Waals surface area contributed by atoms with E-state index in [-0.39, 0.29) is 43.4 Å². The van der Waals surface area contributed by atoms with E-state index in [0.717, 1.165) is 11.8 Å². The molecule has 0 aromatic carbocycles. The molecule has 1 saturated heterocycles. The Morgan fingerprint density at radius 1 is 0.855 bits per heavy atom. The lowest BCUT2D eigenvalue weighted by Crippen LogP contribution is -2.69. The van der Waals surface area contributed by atoms with E-state index in [0.29, 0.717) is 6.42 Å². The number of nitrogens with zero attached hydrogens (tertiary/aromatic N) is 1. The molecule has 0 unspecified atom stereocenters. The van der Waals surface area contributed by atoms with Crippen LogP contribution in [0.5, 0.6) is 0 Å². The molecule has 22 nitrogen and oxygen atoms in total. The number of carboxylic acid groups (broad SMARTS) is 1. The molecule has 0 aliphatic carbocycles. The molecule has 1 rings (SSSR count). The normalized spacial score (nSPS) is 18.3. The lowest BCUT2D eigenvalue weighted by atomic mass is 10.0. The summed E-state index contributed by atoms with van der Waals surface area (Å²) in [6, 6.07) is -10.3. The van der Waals surface area contributed by atoms with E-state index in [4.69, 9.17) is 5.73 Å². The number of carbonyl (C=O) groups is 8. The van der Waals surface area contributed by atoms with Crippen molar-refractivity contribution in [2.24, 2.45) is 17.6 Å². The van der Waals surface area contributed by atoms with Gasteiger partial charge in [0.25, 0.3) is 5.91 Å². The molecule has 0 aromatic heterocycles. The maximum absolute atomic E-state index is 13.8. The molecule has 0 radical (unpaired) electrons. The van der Waals surface area contributed by atoms with Crippen LogP contribution in [-0.2, 0) is 47.4 Å². The molecule has 1 fully saturated rings. The Morgan fingerprint density at radius 2 is 1.38 bits per heavy atom. The highest BCUT2D eigenvalue weighted by molar-refractivity contribution is 7.80. The van der Waals surface area contributed by atoms with Crippen LogP contribution in [0.15, 0.2) is 0 Å². The summed E-state index contributed by atoms with van der Waals surface area (Å²) < 4.78 is 15.9. The van der Waals surface area contributed by atoms with Gasteiger partial charge in [0.2, 0.25) is 35.4 Å². The van der Waals surface area contributed by atoms with Crippen molar-refractivity contribution in [2.75, 3.05) is 18.9 Å². The summed E-state index contributed by atoms with van der Waals surface area (Å²) in [6.45, 7) is 7.08. The number of phosphoric acid groups is 1. The van der Waals surface area contributed by atoms with Gasteiger partial charge >= 0.3 is 0 Å². The second-order valence-corrected chi connectivity index (χ2v) is 15.5. The fourth-order valence-electron chi connectivity index (χ4n) is 5.64. The van der Waals surface area contributed by atoms with Crippen molar-refractivity contribution in [3.63, 3.8) is 0 Å². The van der Waals surface area contributed by atoms with Gasteiger partial charge in [0, 0.05) is 18.7 Å². The molecule has 8 atom stereocenters. The summed E-state index contributed by atoms with van der Waals surface area (Å²) in [7, 11) is -5.81. The number of primary amides is 1. The van der Waals surface area contributed by atoms with Crippen LogP contribution in [0.3, 0.4) is 0 Å². The van der Waals surface area contributed by atoms with Gasteiger partial charge in [-0.1, -0.05) is 27.7 Å². The third-order valence-corrected chi connectivity index (χ3v) is 9.23. The first kappa shape index (κ1) is 49.2. The van der Waals surface area contributed by atoms with E-state index in [1.807, 2.05) is 33.0 Å². The molecule has 55 heavy (non-hydrogen) atoms. The number of rotatable bonds is 23. The van der Waals surface area contributed by atoms with Crippen molar-refractivity contribution in [1.29, 1.82) is 0 Å². The van der Waals surface area contributed by atoms with Gasteiger partial charge in [-0.05, 0) is 38.0 Å². The van der Waals surface area contributed by atoms with E-state index in [1.165, 1.54) is 0 Å². The Hall–Kier alpha value is -3.86. The van der Waals surface area contributed by atoms with Gasteiger partial charge in [-0.15, -0.1) is 0 Å². The molecular weight excluding hydrogens is 771 g/mol. The van der Waals surface area contributed by atoms with E-state index in [9.17, 15) is 62.9 Å². The Kier molecular flexibility index (Phi) is 20.2. The summed E-state index contributed by atoms with van der Waals surface area (Å²) in [5.74, 6) is -8.96. The molecule has 0 aromatic rings. The van der Waals surface area contributed by atoms with Gasteiger partial charge in [0.15, 0.2) is 6.04 Å². The summed E-state index contributed by atoms with van der Waals surface area (Å²) in [5, 5.41) is 32.9. The summed E-state index contributed by atoms with van der Waals surface area (Å²) in [5.41, 5.74) is 8.86. The molecule has 11 N–H and O–H groups in total. The fraction of sp³-hybridized carbons (Fsp3) is 0.742. The zero-order valence-electron chi connectivity index (χ0n) is 31.3. The average Bonchev–Trinajstić information content (AvgIpc) is 3.56. The number of likely N-dealkylation sites (tertiary alicyclic amines) is 1. The lowest BCUT2D eigenvalue weighted by molar-refractivity contribution is -0.406. The first-order valence-electron chi connectivity index (χ1n) is 17.5. The van der Waals surface area contributed by atoms with Gasteiger partial charge in [0.1, 0.15) is 30.2 Å². The third kappa shape index (κ3) is 16.8. The number of thiol groups is 1. The summed E-state index contributed by atoms with van der Waals surface area (Å²) in [4.78, 5) is 126. The average molecular weight is 825 g/mol. The number of hydrogen-bond donors (Lipinski definition) is 9. The molecule has 1 aliphatic rings. The van der Waals surface area contributed by atoms with E-state index in [1.54, 1.807) is 0 Å². The van der Waals surface area contributed by atoms with Crippen LogP contribution in [0, 0.1) is 11.8 Å². The van der Waals surface area contributed by atoms with Crippen LogP contribution in [0.1, 0.15) is 66.7 Å². The van der Waals surface area contributed by atoms with E-state index >= 15 is 0 Å². The number of quaternary nitrogens is 1. The van der Waals surface area contributed by atoms with Crippen molar-refractivity contribution in [3.05, 3.63) is 0 Å². The first-order valence-corrected chi connectivity index (χ1v) is 19.6. The number of aliphatic hydroxyl groups is 1. The monoisotopic (exact) mass is 824 g/mol. The van der Waals surface area contributed by atoms with Crippen LogP contribution >= 0.6 is 20.5 Å². The quantitative estimate of drug-likeness (QED) is 0.0342. The lowest BCUT2D eigenvalue weighted by Gasteiger charge is -2.37. The number of phosphoric ester groups is 1. The van der Waals surface area contributed by atoms with Crippen LogP contribution < -0.4 is 52.9 Å². The largest absolute Gasteiger partial charge is 0.790 e. The van der Waals surface area contributed by atoms with Crippen molar-refractivity contribution in [1.82, 2.24) is 31.5 Å². The van der Waals surface area contributed by atoms with Crippen LogP contribution in [0.2, 0.25) is 0 Å². The van der Waals surface area contributed by atoms with Gasteiger partial charge in [-0.25, -0.2) is 0 Å². The zero-order chi connectivity index (χ0) is 42.4.